The summed E-state index contributed by atoms with van der Waals surface area (Å²) in [4.78, 5) is 11.0. The zero-order valence-electron chi connectivity index (χ0n) is 20.4. The molecule has 32 heavy (non-hydrogen) atoms. The molecular weight excluding hydrogens is 405 g/mol. The number of nitrogens with zero attached hydrogens (tertiary/aromatic N) is 6. The second kappa shape index (κ2) is 10.8. The second-order valence-electron chi connectivity index (χ2n) is 8.83. The number of aryl methyl sites for hydroxylation is 1. The van der Waals surface area contributed by atoms with Gasteiger partial charge in [0.2, 0.25) is 0 Å². The normalized spacial score (nSPS) is 15.5. The number of aliphatic imine (C=N–C) groups is 1. The summed E-state index contributed by atoms with van der Waals surface area (Å²) in [5.41, 5.74) is 3.89. The van der Waals surface area contributed by atoms with Crippen LogP contribution in [0.4, 0.5) is 10.1 Å². The maximum absolute atomic E-state index is 14.9. The van der Waals surface area contributed by atoms with E-state index >= 15 is 0 Å². The molecule has 1 saturated heterocycles. The van der Waals surface area contributed by atoms with E-state index in [1.807, 2.05) is 30.9 Å². The predicted octanol–water partition coefficient (Wildman–Crippen LogP) is 3.03. The highest BCUT2D eigenvalue weighted by molar-refractivity contribution is 5.79. The molecule has 2 aromatic rings. The van der Waals surface area contributed by atoms with Crippen molar-refractivity contribution < 1.29 is 4.39 Å². The van der Waals surface area contributed by atoms with Crippen molar-refractivity contribution >= 4 is 11.6 Å². The fraction of sp³-hybridized carbons (Fsp3) is 0.583. The van der Waals surface area contributed by atoms with Crippen LogP contribution >= 0.6 is 0 Å². The highest BCUT2D eigenvalue weighted by Crippen LogP contribution is 2.22. The van der Waals surface area contributed by atoms with Crippen molar-refractivity contribution in [2.24, 2.45) is 12.0 Å². The van der Waals surface area contributed by atoms with Gasteiger partial charge >= 0.3 is 0 Å². The fourth-order valence-electron chi connectivity index (χ4n) is 4.28. The molecule has 1 aromatic heterocycles. The number of likely N-dealkylation sites (N-methyl/N-ethyl adjacent to an activating group) is 1. The molecule has 0 aliphatic carbocycles. The van der Waals surface area contributed by atoms with E-state index in [0.717, 1.165) is 49.9 Å². The summed E-state index contributed by atoms with van der Waals surface area (Å²) in [7, 11) is 5.72. The summed E-state index contributed by atoms with van der Waals surface area (Å²) in [5.74, 6) is 0.972. The third kappa shape index (κ3) is 5.79. The standard InChI is InChI=1S/C24H38FN7/c1-7-31-10-12-32(13-11-31)22-9-8-19(14-21(22)25)15-27-24(26-4)29(5)16-20-17-30(6)28-23(20)18(2)3/h8-9,14,17-18H,7,10-13,15-16H2,1-6H3,(H,26,27). The first-order valence-electron chi connectivity index (χ1n) is 11.5. The van der Waals surface area contributed by atoms with Gasteiger partial charge in [-0.15, -0.1) is 0 Å². The third-order valence-corrected chi connectivity index (χ3v) is 6.09. The van der Waals surface area contributed by atoms with Gasteiger partial charge in [0.05, 0.1) is 11.4 Å². The van der Waals surface area contributed by atoms with Crippen molar-refractivity contribution in [2.45, 2.75) is 39.8 Å². The Balaban J connectivity index is 1.59. The number of hydrogen-bond acceptors (Lipinski definition) is 4. The van der Waals surface area contributed by atoms with Gasteiger partial charge in [-0.25, -0.2) is 4.39 Å². The van der Waals surface area contributed by atoms with E-state index in [-0.39, 0.29) is 5.82 Å². The van der Waals surface area contributed by atoms with Crippen LogP contribution in [0.1, 0.15) is 43.5 Å². The number of anilines is 1. The van der Waals surface area contributed by atoms with Crippen molar-refractivity contribution in [3.05, 3.63) is 47.0 Å². The molecule has 2 heterocycles. The van der Waals surface area contributed by atoms with Crippen molar-refractivity contribution in [1.82, 2.24) is 24.9 Å². The average Bonchev–Trinajstić information content (AvgIpc) is 3.14. The monoisotopic (exact) mass is 443 g/mol. The smallest absolute Gasteiger partial charge is 0.193 e. The molecule has 1 aromatic carbocycles. The number of rotatable bonds is 7. The Morgan fingerprint density at radius 1 is 1.25 bits per heavy atom. The number of aromatic nitrogens is 2. The first-order chi connectivity index (χ1) is 15.3. The minimum atomic E-state index is -0.158. The van der Waals surface area contributed by atoms with E-state index in [9.17, 15) is 4.39 Å². The molecule has 7 nitrogen and oxygen atoms in total. The Morgan fingerprint density at radius 3 is 2.56 bits per heavy atom. The van der Waals surface area contributed by atoms with Crippen molar-refractivity contribution in [2.75, 3.05) is 51.7 Å². The molecule has 0 atom stereocenters. The molecule has 0 saturated carbocycles. The van der Waals surface area contributed by atoms with Gasteiger partial charge in [0.1, 0.15) is 5.82 Å². The van der Waals surface area contributed by atoms with Crippen LogP contribution in [0, 0.1) is 5.82 Å². The molecular formula is C24H38FN7. The Bertz CT molecular complexity index is 913. The molecule has 0 unspecified atom stereocenters. The molecule has 1 aliphatic heterocycles. The Labute approximate surface area is 191 Å². The van der Waals surface area contributed by atoms with E-state index in [4.69, 9.17) is 0 Å². The van der Waals surface area contributed by atoms with Gasteiger partial charge in [-0.2, -0.15) is 5.10 Å². The number of piperazine rings is 1. The first-order valence-corrected chi connectivity index (χ1v) is 11.5. The van der Waals surface area contributed by atoms with Crippen molar-refractivity contribution in [3.63, 3.8) is 0 Å². The SMILES string of the molecule is CCN1CCN(c2ccc(CNC(=NC)N(C)Cc3cn(C)nc3C(C)C)cc2F)CC1. The number of halogens is 1. The van der Waals surface area contributed by atoms with Crippen LogP contribution in [-0.4, -0.2) is 72.4 Å². The fourth-order valence-corrected chi connectivity index (χ4v) is 4.28. The quantitative estimate of drug-likeness (QED) is 0.527. The molecule has 0 bridgehead atoms. The molecule has 1 N–H and O–H groups in total. The van der Waals surface area contributed by atoms with Gasteiger partial charge in [-0.1, -0.05) is 26.8 Å². The minimum Gasteiger partial charge on any atom is -0.367 e. The predicted molar refractivity (Wildman–Crippen MR) is 130 cm³/mol. The second-order valence-corrected chi connectivity index (χ2v) is 8.83. The number of nitrogens with one attached hydrogen (secondary N) is 1. The van der Waals surface area contributed by atoms with Gasteiger partial charge in [-0.05, 0) is 30.2 Å². The van der Waals surface area contributed by atoms with Crippen LogP contribution in [0.15, 0.2) is 29.4 Å². The van der Waals surface area contributed by atoms with Crippen LogP contribution in [0.3, 0.4) is 0 Å². The highest BCUT2D eigenvalue weighted by atomic mass is 19.1. The van der Waals surface area contributed by atoms with Gasteiger partial charge in [0, 0.05) is 72.2 Å². The molecule has 176 valence electrons. The molecule has 1 aliphatic rings. The van der Waals surface area contributed by atoms with Crippen LogP contribution in [-0.2, 0) is 20.1 Å². The van der Waals surface area contributed by atoms with Crippen LogP contribution in [0.5, 0.6) is 0 Å². The van der Waals surface area contributed by atoms with E-state index in [1.54, 1.807) is 13.1 Å². The van der Waals surface area contributed by atoms with Gasteiger partial charge in [0.15, 0.2) is 5.96 Å². The Kier molecular flexibility index (Phi) is 8.12. The third-order valence-electron chi connectivity index (χ3n) is 6.09. The minimum absolute atomic E-state index is 0.158. The Hall–Kier alpha value is -2.61. The van der Waals surface area contributed by atoms with Crippen LogP contribution in [0.2, 0.25) is 0 Å². The maximum Gasteiger partial charge on any atom is 0.193 e. The topological polar surface area (TPSA) is 51.9 Å². The van der Waals surface area contributed by atoms with E-state index in [0.29, 0.717) is 24.7 Å². The summed E-state index contributed by atoms with van der Waals surface area (Å²) in [6.45, 7) is 12.5. The molecule has 0 radical (unpaired) electrons. The van der Waals surface area contributed by atoms with Crippen LogP contribution < -0.4 is 10.2 Å². The first kappa shape index (κ1) is 24.0. The number of hydrogen-bond donors (Lipinski definition) is 1. The van der Waals surface area contributed by atoms with Gasteiger partial charge in [-0.3, -0.25) is 9.67 Å². The van der Waals surface area contributed by atoms with Crippen molar-refractivity contribution in [1.29, 1.82) is 0 Å². The molecule has 8 heteroatoms. The summed E-state index contributed by atoms with van der Waals surface area (Å²) < 4.78 is 16.7. The lowest BCUT2D eigenvalue weighted by Crippen LogP contribution is -2.46. The summed E-state index contributed by atoms with van der Waals surface area (Å²) in [6.07, 6.45) is 2.06. The summed E-state index contributed by atoms with van der Waals surface area (Å²) in [5, 5.41) is 7.95. The average molecular weight is 444 g/mol. The van der Waals surface area contributed by atoms with E-state index < -0.39 is 0 Å². The summed E-state index contributed by atoms with van der Waals surface area (Å²) in [6, 6.07) is 5.55. The molecule has 0 spiro atoms. The zero-order chi connectivity index (χ0) is 23.3. The van der Waals surface area contributed by atoms with Gasteiger partial charge < -0.3 is 20.0 Å². The van der Waals surface area contributed by atoms with E-state index in [1.165, 1.54) is 5.56 Å². The Morgan fingerprint density at radius 2 is 1.97 bits per heavy atom. The number of benzene rings is 1. The molecule has 1 fully saturated rings. The van der Waals surface area contributed by atoms with Crippen LogP contribution in [0.25, 0.3) is 0 Å². The molecule has 0 amide bonds. The lowest BCUT2D eigenvalue weighted by Gasteiger charge is -2.35. The largest absolute Gasteiger partial charge is 0.367 e. The highest BCUT2D eigenvalue weighted by Gasteiger charge is 2.19. The van der Waals surface area contributed by atoms with Crippen molar-refractivity contribution in [3.8, 4) is 0 Å². The molecule has 3 rings (SSSR count). The number of guanidine groups is 1. The zero-order valence-corrected chi connectivity index (χ0v) is 20.4. The van der Waals surface area contributed by atoms with Gasteiger partial charge in [0.25, 0.3) is 0 Å². The van der Waals surface area contributed by atoms with E-state index in [2.05, 4.69) is 57.1 Å². The lowest BCUT2D eigenvalue weighted by atomic mass is 10.1. The lowest BCUT2D eigenvalue weighted by molar-refractivity contribution is 0.270. The maximum atomic E-state index is 14.9. The summed E-state index contributed by atoms with van der Waals surface area (Å²) >= 11 is 0.